The van der Waals surface area contributed by atoms with Gasteiger partial charge in [-0.25, -0.2) is 4.39 Å². The Bertz CT molecular complexity index is 869. The molecule has 0 aliphatic carbocycles. The molecule has 2 aliphatic heterocycles. The van der Waals surface area contributed by atoms with Gasteiger partial charge in [0.15, 0.2) is 11.6 Å². The Morgan fingerprint density at radius 2 is 1.93 bits per heavy atom. The molecule has 0 unspecified atom stereocenters. The molecular formula is C22H25FN2O2. The van der Waals surface area contributed by atoms with Gasteiger partial charge in [-0.05, 0) is 49.2 Å². The number of rotatable bonds is 3. The van der Waals surface area contributed by atoms with E-state index in [1.165, 1.54) is 30.4 Å². The molecule has 1 amide bonds. The highest BCUT2D eigenvalue weighted by Crippen LogP contribution is 2.45. The molecule has 2 aromatic rings. The van der Waals surface area contributed by atoms with Crippen LogP contribution in [0.15, 0.2) is 42.5 Å². The maximum Gasteiger partial charge on any atom is 0.254 e. The Morgan fingerprint density at radius 3 is 2.67 bits per heavy atom. The molecule has 2 aromatic carbocycles. The van der Waals surface area contributed by atoms with Crippen LogP contribution in [0.3, 0.4) is 0 Å². The lowest BCUT2D eigenvalue weighted by Crippen LogP contribution is -2.33. The Kier molecular flexibility index (Phi) is 4.64. The van der Waals surface area contributed by atoms with Crippen LogP contribution in [-0.2, 0) is 0 Å². The molecule has 0 bridgehead atoms. The van der Waals surface area contributed by atoms with Crippen molar-refractivity contribution >= 4 is 5.91 Å². The zero-order chi connectivity index (χ0) is 19.1. The maximum absolute atomic E-state index is 13.7. The third kappa shape index (κ3) is 3.10. The lowest BCUT2D eigenvalue weighted by molar-refractivity contribution is 0.0767. The number of aryl methyl sites for hydroxylation is 1. The fourth-order valence-corrected chi connectivity index (χ4v) is 4.79. The van der Waals surface area contributed by atoms with Crippen LogP contribution >= 0.6 is 0 Å². The maximum atomic E-state index is 13.7. The van der Waals surface area contributed by atoms with Crippen LogP contribution in [0.1, 0.15) is 27.5 Å². The van der Waals surface area contributed by atoms with Gasteiger partial charge in [0, 0.05) is 37.2 Å². The molecule has 0 spiro atoms. The number of methoxy groups -OCH3 is 1. The molecule has 2 fully saturated rings. The number of carbonyl (C=O) groups excluding carboxylic acids is 1. The summed E-state index contributed by atoms with van der Waals surface area (Å²) in [5, 5.41) is 0. The van der Waals surface area contributed by atoms with Gasteiger partial charge in [-0.3, -0.25) is 9.69 Å². The number of carbonyl (C=O) groups is 1. The van der Waals surface area contributed by atoms with E-state index in [1.54, 1.807) is 6.07 Å². The number of likely N-dealkylation sites (tertiary alicyclic amines) is 2. The van der Waals surface area contributed by atoms with Crippen LogP contribution in [0.4, 0.5) is 4.39 Å². The summed E-state index contributed by atoms with van der Waals surface area (Å²) >= 11 is 0. The number of amides is 1. The van der Waals surface area contributed by atoms with Gasteiger partial charge in [0.1, 0.15) is 0 Å². The third-order valence-electron chi connectivity index (χ3n) is 6.09. The molecule has 4 nitrogen and oxygen atoms in total. The van der Waals surface area contributed by atoms with E-state index in [0.29, 0.717) is 23.4 Å². The first kappa shape index (κ1) is 18.0. The predicted molar refractivity (Wildman–Crippen MR) is 102 cm³/mol. The Morgan fingerprint density at radius 1 is 1.15 bits per heavy atom. The summed E-state index contributed by atoms with van der Waals surface area (Å²) in [5.41, 5.74) is 3.13. The second-order valence-corrected chi connectivity index (χ2v) is 7.72. The first-order valence-corrected chi connectivity index (χ1v) is 9.38. The molecule has 5 heteroatoms. The van der Waals surface area contributed by atoms with Crippen LogP contribution in [-0.4, -0.2) is 49.5 Å². The minimum absolute atomic E-state index is 0.0473. The van der Waals surface area contributed by atoms with E-state index in [0.717, 1.165) is 19.6 Å². The van der Waals surface area contributed by atoms with Crippen LogP contribution in [0, 0.1) is 24.6 Å². The molecule has 142 valence electrons. The molecule has 2 aliphatic rings. The summed E-state index contributed by atoms with van der Waals surface area (Å²) in [7, 11) is 3.59. The SMILES string of the molecule is COc1cc(C(=O)N2C[C@@H]3CN(C)[C@H](c4ccccc4C)[C@@H]3C2)ccc1F. The Hall–Kier alpha value is -2.40. The number of hydrogen-bond acceptors (Lipinski definition) is 3. The fraction of sp³-hybridized carbons (Fsp3) is 0.409. The Balaban J connectivity index is 1.56. The minimum atomic E-state index is -0.450. The number of ether oxygens (including phenoxy) is 1. The van der Waals surface area contributed by atoms with Crippen molar-refractivity contribution in [1.82, 2.24) is 9.80 Å². The number of nitrogens with zero attached hydrogens (tertiary/aromatic N) is 2. The standard InChI is InChI=1S/C22H25FN2O2/c1-14-6-4-5-7-17(14)21-18-13-25(12-16(18)11-24(21)2)22(26)15-8-9-19(23)20(10-15)27-3/h4-10,16,18,21H,11-13H2,1-3H3/t16-,18+,21+/m0/s1. The molecular weight excluding hydrogens is 343 g/mol. The summed E-state index contributed by atoms with van der Waals surface area (Å²) < 4.78 is 18.7. The van der Waals surface area contributed by atoms with Crippen LogP contribution in [0.25, 0.3) is 0 Å². The molecule has 3 atom stereocenters. The van der Waals surface area contributed by atoms with Crippen molar-refractivity contribution in [3.05, 3.63) is 65.0 Å². The van der Waals surface area contributed by atoms with Crippen LogP contribution in [0.2, 0.25) is 0 Å². The van der Waals surface area contributed by atoms with Crippen LogP contribution in [0.5, 0.6) is 5.75 Å². The average Bonchev–Trinajstić information content (AvgIpc) is 3.19. The molecule has 2 saturated heterocycles. The largest absolute Gasteiger partial charge is 0.494 e. The van der Waals surface area contributed by atoms with E-state index in [2.05, 4.69) is 43.1 Å². The number of hydrogen-bond donors (Lipinski definition) is 0. The summed E-state index contributed by atoms with van der Waals surface area (Å²) in [6, 6.07) is 13.2. The van der Waals surface area contributed by atoms with Crippen molar-refractivity contribution < 1.29 is 13.9 Å². The lowest BCUT2D eigenvalue weighted by Gasteiger charge is -2.28. The third-order valence-corrected chi connectivity index (χ3v) is 6.09. The fourth-order valence-electron chi connectivity index (χ4n) is 4.79. The summed E-state index contributed by atoms with van der Waals surface area (Å²) in [6.07, 6.45) is 0. The second-order valence-electron chi connectivity index (χ2n) is 7.72. The Labute approximate surface area is 159 Å². The molecule has 0 N–H and O–H groups in total. The normalized spacial score (nSPS) is 24.9. The molecule has 27 heavy (non-hydrogen) atoms. The average molecular weight is 368 g/mol. The van der Waals surface area contributed by atoms with Gasteiger partial charge in [-0.1, -0.05) is 24.3 Å². The zero-order valence-electron chi connectivity index (χ0n) is 16.0. The summed E-state index contributed by atoms with van der Waals surface area (Å²) in [4.78, 5) is 17.3. The number of benzene rings is 2. The van der Waals surface area contributed by atoms with Gasteiger partial charge in [0.25, 0.3) is 5.91 Å². The number of fused-ring (bicyclic) bond motifs is 1. The first-order valence-electron chi connectivity index (χ1n) is 9.38. The predicted octanol–water partition coefficient (Wildman–Crippen LogP) is 3.52. The van der Waals surface area contributed by atoms with Gasteiger partial charge >= 0.3 is 0 Å². The van der Waals surface area contributed by atoms with Gasteiger partial charge in [0.05, 0.1) is 7.11 Å². The molecule has 0 saturated carbocycles. The lowest BCUT2D eigenvalue weighted by atomic mass is 9.88. The van der Waals surface area contributed by atoms with Crippen molar-refractivity contribution in [3.63, 3.8) is 0 Å². The zero-order valence-corrected chi connectivity index (χ0v) is 16.0. The first-order chi connectivity index (χ1) is 13.0. The highest BCUT2D eigenvalue weighted by atomic mass is 19.1. The van der Waals surface area contributed by atoms with Gasteiger partial charge < -0.3 is 9.64 Å². The van der Waals surface area contributed by atoms with Crippen molar-refractivity contribution in [1.29, 1.82) is 0 Å². The van der Waals surface area contributed by atoms with Crippen molar-refractivity contribution in [2.75, 3.05) is 33.8 Å². The second kappa shape index (κ2) is 6.97. The van der Waals surface area contributed by atoms with Crippen molar-refractivity contribution in [2.45, 2.75) is 13.0 Å². The smallest absolute Gasteiger partial charge is 0.254 e. The van der Waals surface area contributed by atoms with E-state index < -0.39 is 5.82 Å². The molecule has 2 heterocycles. The minimum Gasteiger partial charge on any atom is -0.494 e. The van der Waals surface area contributed by atoms with E-state index >= 15 is 0 Å². The quantitative estimate of drug-likeness (QED) is 0.831. The van der Waals surface area contributed by atoms with Gasteiger partial charge in [-0.2, -0.15) is 0 Å². The van der Waals surface area contributed by atoms with Crippen molar-refractivity contribution in [3.8, 4) is 5.75 Å². The van der Waals surface area contributed by atoms with Gasteiger partial charge in [0.2, 0.25) is 0 Å². The summed E-state index contributed by atoms with van der Waals surface area (Å²) in [6.45, 7) is 4.61. The van der Waals surface area contributed by atoms with Crippen molar-refractivity contribution in [2.24, 2.45) is 11.8 Å². The molecule has 0 radical (unpaired) electrons. The van der Waals surface area contributed by atoms with E-state index in [1.807, 2.05) is 4.90 Å². The van der Waals surface area contributed by atoms with Crippen LogP contribution < -0.4 is 4.74 Å². The topological polar surface area (TPSA) is 32.8 Å². The van der Waals surface area contributed by atoms with E-state index in [4.69, 9.17) is 4.74 Å². The number of halogens is 1. The summed E-state index contributed by atoms with van der Waals surface area (Å²) in [5.74, 6) is 0.494. The monoisotopic (exact) mass is 368 g/mol. The van der Waals surface area contributed by atoms with E-state index in [9.17, 15) is 9.18 Å². The van der Waals surface area contributed by atoms with Gasteiger partial charge in [-0.15, -0.1) is 0 Å². The molecule has 4 rings (SSSR count). The molecule has 0 aromatic heterocycles. The highest BCUT2D eigenvalue weighted by Gasteiger charge is 2.47. The highest BCUT2D eigenvalue weighted by molar-refractivity contribution is 5.94. The van der Waals surface area contributed by atoms with E-state index in [-0.39, 0.29) is 11.7 Å².